The first-order chi connectivity index (χ1) is 8.31. The van der Waals surface area contributed by atoms with Crippen LogP contribution in [-0.2, 0) is 11.3 Å². The Hall–Kier alpha value is -1.68. The normalized spacial score (nSPS) is 10.2. The Morgan fingerprint density at radius 3 is 3.06 bits per heavy atom. The lowest BCUT2D eigenvalue weighted by molar-refractivity contribution is -0.120. The highest BCUT2D eigenvalue weighted by molar-refractivity contribution is 7.08. The highest BCUT2D eigenvalue weighted by Crippen LogP contribution is 2.23. The van der Waals surface area contributed by atoms with E-state index in [4.69, 9.17) is 0 Å². The fraction of sp³-hybridized carbons (Fsp3) is 0.231. The Morgan fingerprint density at radius 1 is 1.47 bits per heavy atom. The molecule has 88 valence electrons. The van der Waals surface area contributed by atoms with Gasteiger partial charge in [0, 0.05) is 30.1 Å². The Balaban J connectivity index is 2.20. The lowest BCUT2D eigenvalue weighted by Crippen LogP contribution is -2.21. The SMILES string of the molecule is CCC(=O)NCc1cccnc1-c1ccsc1. The van der Waals surface area contributed by atoms with Gasteiger partial charge in [-0.3, -0.25) is 9.78 Å². The minimum Gasteiger partial charge on any atom is -0.352 e. The maximum atomic E-state index is 11.3. The highest BCUT2D eigenvalue weighted by atomic mass is 32.1. The number of rotatable bonds is 4. The summed E-state index contributed by atoms with van der Waals surface area (Å²) >= 11 is 1.64. The molecule has 4 heteroatoms. The summed E-state index contributed by atoms with van der Waals surface area (Å²) in [6.45, 7) is 2.38. The van der Waals surface area contributed by atoms with Crippen LogP contribution < -0.4 is 5.32 Å². The first-order valence-corrected chi connectivity index (χ1v) is 6.48. The van der Waals surface area contributed by atoms with Crippen molar-refractivity contribution < 1.29 is 4.79 Å². The number of nitrogens with zero attached hydrogens (tertiary/aromatic N) is 1. The number of carbonyl (C=O) groups is 1. The van der Waals surface area contributed by atoms with E-state index in [0.29, 0.717) is 13.0 Å². The number of carbonyl (C=O) groups excluding carboxylic acids is 1. The van der Waals surface area contributed by atoms with Crippen molar-refractivity contribution in [2.45, 2.75) is 19.9 Å². The van der Waals surface area contributed by atoms with Gasteiger partial charge in [-0.15, -0.1) is 0 Å². The average Bonchev–Trinajstić information content (AvgIpc) is 2.90. The van der Waals surface area contributed by atoms with Crippen molar-refractivity contribution in [3.63, 3.8) is 0 Å². The smallest absolute Gasteiger partial charge is 0.219 e. The van der Waals surface area contributed by atoms with Crippen LogP contribution in [0.25, 0.3) is 11.3 Å². The molecule has 2 aromatic heterocycles. The van der Waals surface area contributed by atoms with Crippen LogP contribution >= 0.6 is 11.3 Å². The molecule has 0 fully saturated rings. The molecular formula is C13H14N2OS. The summed E-state index contributed by atoms with van der Waals surface area (Å²) in [6.07, 6.45) is 2.28. The minimum absolute atomic E-state index is 0.0603. The summed E-state index contributed by atoms with van der Waals surface area (Å²) in [4.78, 5) is 15.6. The Morgan fingerprint density at radius 2 is 2.35 bits per heavy atom. The molecule has 0 aromatic carbocycles. The second-order valence-corrected chi connectivity index (χ2v) is 4.43. The maximum Gasteiger partial charge on any atom is 0.219 e. The summed E-state index contributed by atoms with van der Waals surface area (Å²) in [5.41, 5.74) is 3.11. The van der Waals surface area contributed by atoms with Gasteiger partial charge in [0.05, 0.1) is 5.69 Å². The van der Waals surface area contributed by atoms with Crippen LogP contribution in [-0.4, -0.2) is 10.9 Å². The van der Waals surface area contributed by atoms with Crippen LogP contribution in [0.5, 0.6) is 0 Å². The summed E-state index contributed by atoms with van der Waals surface area (Å²) in [6, 6.07) is 5.93. The van der Waals surface area contributed by atoms with Crippen LogP contribution in [0.4, 0.5) is 0 Å². The van der Waals surface area contributed by atoms with Crippen LogP contribution in [0.1, 0.15) is 18.9 Å². The molecule has 0 atom stereocenters. The number of hydrogen-bond acceptors (Lipinski definition) is 3. The van der Waals surface area contributed by atoms with E-state index in [1.807, 2.05) is 30.5 Å². The van der Waals surface area contributed by atoms with Gasteiger partial charge in [0.25, 0.3) is 0 Å². The van der Waals surface area contributed by atoms with E-state index in [9.17, 15) is 4.79 Å². The first-order valence-electron chi connectivity index (χ1n) is 5.54. The van der Waals surface area contributed by atoms with Crippen molar-refractivity contribution in [1.29, 1.82) is 0 Å². The number of nitrogens with one attached hydrogen (secondary N) is 1. The van der Waals surface area contributed by atoms with Crippen LogP contribution in [0.2, 0.25) is 0 Å². The summed E-state index contributed by atoms with van der Waals surface area (Å²) < 4.78 is 0. The summed E-state index contributed by atoms with van der Waals surface area (Å²) in [7, 11) is 0. The number of amides is 1. The predicted molar refractivity (Wildman–Crippen MR) is 69.7 cm³/mol. The van der Waals surface area contributed by atoms with Gasteiger partial charge in [-0.05, 0) is 23.1 Å². The zero-order valence-corrected chi connectivity index (χ0v) is 10.5. The van der Waals surface area contributed by atoms with E-state index >= 15 is 0 Å². The van der Waals surface area contributed by atoms with Crippen LogP contribution in [0, 0.1) is 0 Å². The largest absolute Gasteiger partial charge is 0.352 e. The molecule has 0 aliphatic heterocycles. The lowest BCUT2D eigenvalue weighted by Gasteiger charge is -2.08. The van der Waals surface area contributed by atoms with Gasteiger partial charge < -0.3 is 5.32 Å². The van der Waals surface area contributed by atoms with E-state index in [0.717, 1.165) is 16.8 Å². The fourth-order valence-corrected chi connectivity index (χ4v) is 2.20. The molecule has 0 saturated heterocycles. The molecule has 17 heavy (non-hydrogen) atoms. The average molecular weight is 246 g/mol. The topological polar surface area (TPSA) is 42.0 Å². The van der Waals surface area contributed by atoms with E-state index in [-0.39, 0.29) is 5.91 Å². The van der Waals surface area contributed by atoms with Crippen LogP contribution in [0.15, 0.2) is 35.2 Å². The Labute approximate surface area is 105 Å². The third kappa shape index (κ3) is 2.91. The number of pyridine rings is 1. The molecule has 0 radical (unpaired) electrons. The van der Waals surface area contributed by atoms with Crippen molar-refractivity contribution in [3.8, 4) is 11.3 Å². The molecule has 2 aromatic rings. The van der Waals surface area contributed by atoms with Gasteiger partial charge >= 0.3 is 0 Å². The van der Waals surface area contributed by atoms with Crippen molar-refractivity contribution in [1.82, 2.24) is 10.3 Å². The van der Waals surface area contributed by atoms with Gasteiger partial charge in [-0.25, -0.2) is 0 Å². The van der Waals surface area contributed by atoms with Gasteiger partial charge in [0.1, 0.15) is 0 Å². The molecule has 2 rings (SSSR count). The van der Waals surface area contributed by atoms with Crippen molar-refractivity contribution in [2.75, 3.05) is 0 Å². The molecule has 0 spiro atoms. The molecule has 0 aliphatic rings. The standard InChI is InChI=1S/C13H14N2OS/c1-2-12(16)15-8-10-4-3-6-14-13(10)11-5-7-17-9-11/h3-7,9H,2,8H2,1H3,(H,15,16). The van der Waals surface area contributed by atoms with Crippen molar-refractivity contribution >= 4 is 17.2 Å². The van der Waals surface area contributed by atoms with Crippen LogP contribution in [0.3, 0.4) is 0 Å². The Kier molecular flexibility index (Phi) is 3.88. The van der Waals surface area contributed by atoms with Crippen molar-refractivity contribution in [2.24, 2.45) is 0 Å². The van der Waals surface area contributed by atoms with Gasteiger partial charge in [-0.2, -0.15) is 11.3 Å². The summed E-state index contributed by atoms with van der Waals surface area (Å²) in [5, 5.41) is 6.96. The molecule has 1 N–H and O–H groups in total. The second kappa shape index (κ2) is 5.59. The van der Waals surface area contributed by atoms with E-state index in [2.05, 4.69) is 15.7 Å². The third-order valence-corrected chi connectivity index (χ3v) is 3.17. The molecule has 0 unspecified atom stereocenters. The number of hydrogen-bond donors (Lipinski definition) is 1. The quantitative estimate of drug-likeness (QED) is 0.901. The highest BCUT2D eigenvalue weighted by Gasteiger charge is 2.07. The van der Waals surface area contributed by atoms with Gasteiger partial charge in [0.2, 0.25) is 5.91 Å². The minimum atomic E-state index is 0.0603. The molecule has 0 saturated carbocycles. The number of aromatic nitrogens is 1. The zero-order valence-electron chi connectivity index (χ0n) is 9.64. The monoisotopic (exact) mass is 246 g/mol. The van der Waals surface area contributed by atoms with Crippen molar-refractivity contribution in [3.05, 3.63) is 40.7 Å². The van der Waals surface area contributed by atoms with Gasteiger partial charge in [0.15, 0.2) is 0 Å². The molecule has 2 heterocycles. The van der Waals surface area contributed by atoms with E-state index in [1.54, 1.807) is 17.5 Å². The van der Waals surface area contributed by atoms with E-state index < -0.39 is 0 Å². The zero-order chi connectivity index (χ0) is 12.1. The number of thiophene rings is 1. The molecule has 3 nitrogen and oxygen atoms in total. The maximum absolute atomic E-state index is 11.3. The third-order valence-electron chi connectivity index (χ3n) is 2.48. The molecule has 1 amide bonds. The molecule has 0 aliphatic carbocycles. The molecular weight excluding hydrogens is 232 g/mol. The Bertz CT molecular complexity index is 494. The first kappa shape index (κ1) is 11.8. The fourth-order valence-electron chi connectivity index (χ4n) is 1.56. The van der Waals surface area contributed by atoms with Gasteiger partial charge in [-0.1, -0.05) is 13.0 Å². The predicted octanol–water partition coefficient (Wildman–Crippen LogP) is 2.84. The second-order valence-electron chi connectivity index (χ2n) is 3.65. The summed E-state index contributed by atoms with van der Waals surface area (Å²) in [5.74, 6) is 0.0603. The van der Waals surface area contributed by atoms with E-state index in [1.165, 1.54) is 0 Å². The lowest BCUT2D eigenvalue weighted by atomic mass is 10.1. The molecule has 0 bridgehead atoms.